The van der Waals surface area contributed by atoms with Gasteiger partial charge in [-0.2, -0.15) is 0 Å². The van der Waals surface area contributed by atoms with Crippen LogP contribution in [0.2, 0.25) is 0 Å². The minimum absolute atomic E-state index is 0.205. The normalized spacial score (nSPS) is 21.8. The van der Waals surface area contributed by atoms with Gasteiger partial charge in [0.1, 0.15) is 0 Å². The van der Waals surface area contributed by atoms with E-state index in [0.717, 1.165) is 19.4 Å². The van der Waals surface area contributed by atoms with E-state index in [1.807, 2.05) is 7.05 Å². The Balaban J connectivity index is 2.58. The zero-order valence-corrected chi connectivity index (χ0v) is 11.8. The molecule has 18 heavy (non-hydrogen) atoms. The third-order valence-electron chi connectivity index (χ3n) is 2.97. The van der Waals surface area contributed by atoms with Gasteiger partial charge < -0.3 is 10.1 Å². The van der Waals surface area contributed by atoms with Crippen LogP contribution in [0.3, 0.4) is 0 Å². The van der Waals surface area contributed by atoms with Crippen LogP contribution in [-0.4, -0.2) is 57.7 Å². The lowest BCUT2D eigenvalue weighted by Gasteiger charge is -2.31. The van der Waals surface area contributed by atoms with Gasteiger partial charge in [0.25, 0.3) is 0 Å². The molecule has 1 heterocycles. The molecule has 1 N–H and O–H groups in total. The van der Waals surface area contributed by atoms with Gasteiger partial charge in [-0.1, -0.05) is 0 Å². The minimum atomic E-state index is -3.52. The van der Waals surface area contributed by atoms with Crippen molar-refractivity contribution in [3.05, 3.63) is 0 Å². The van der Waals surface area contributed by atoms with Crippen molar-refractivity contribution < 1.29 is 17.9 Å². The number of piperidine rings is 1. The van der Waals surface area contributed by atoms with Crippen LogP contribution in [0.15, 0.2) is 0 Å². The van der Waals surface area contributed by atoms with Gasteiger partial charge in [-0.15, -0.1) is 0 Å². The van der Waals surface area contributed by atoms with E-state index < -0.39 is 21.7 Å². The lowest BCUT2D eigenvalue weighted by molar-refractivity contribution is -0.140. The van der Waals surface area contributed by atoms with E-state index in [1.165, 1.54) is 4.31 Å². The van der Waals surface area contributed by atoms with E-state index in [9.17, 15) is 13.2 Å². The molecule has 106 valence electrons. The summed E-state index contributed by atoms with van der Waals surface area (Å²) in [4.78, 5) is 11.3. The minimum Gasteiger partial charge on any atom is -0.465 e. The van der Waals surface area contributed by atoms with Gasteiger partial charge in [0.15, 0.2) is 5.75 Å². The van der Waals surface area contributed by atoms with Crippen molar-refractivity contribution in [3.63, 3.8) is 0 Å². The molecule has 7 heteroatoms. The average Bonchev–Trinajstić information content (AvgIpc) is 2.29. The van der Waals surface area contributed by atoms with E-state index in [-0.39, 0.29) is 6.61 Å². The van der Waals surface area contributed by atoms with Crippen molar-refractivity contribution in [2.45, 2.75) is 19.8 Å². The third kappa shape index (κ3) is 4.55. The molecule has 0 aromatic rings. The molecule has 0 spiro atoms. The molecule has 0 aliphatic carbocycles. The number of sulfonamides is 1. The van der Waals surface area contributed by atoms with Crippen LogP contribution in [0.25, 0.3) is 0 Å². The number of esters is 1. The molecular formula is C11H22N2O4S. The highest BCUT2D eigenvalue weighted by atomic mass is 32.2. The van der Waals surface area contributed by atoms with Gasteiger partial charge in [-0.3, -0.25) is 4.79 Å². The highest BCUT2D eigenvalue weighted by molar-refractivity contribution is 7.89. The average molecular weight is 278 g/mol. The van der Waals surface area contributed by atoms with E-state index in [1.54, 1.807) is 6.92 Å². The first-order valence-corrected chi connectivity index (χ1v) is 7.88. The maximum absolute atomic E-state index is 12.0. The Morgan fingerprint density at radius 2 is 2.22 bits per heavy atom. The van der Waals surface area contributed by atoms with E-state index in [0.29, 0.717) is 19.0 Å². The summed E-state index contributed by atoms with van der Waals surface area (Å²) in [5.74, 6) is -0.901. The number of hydrogen-bond acceptors (Lipinski definition) is 5. The second-order valence-electron chi connectivity index (χ2n) is 4.49. The molecule has 0 aromatic heterocycles. The zero-order valence-electron chi connectivity index (χ0n) is 11.0. The number of nitrogens with zero attached hydrogens (tertiary/aromatic N) is 1. The van der Waals surface area contributed by atoms with Gasteiger partial charge in [-0.25, -0.2) is 12.7 Å². The topological polar surface area (TPSA) is 75.7 Å². The molecule has 0 saturated carbocycles. The fourth-order valence-corrected chi connectivity index (χ4v) is 3.59. The summed E-state index contributed by atoms with van der Waals surface area (Å²) in [6, 6.07) is 0. The largest absolute Gasteiger partial charge is 0.465 e. The number of hydrogen-bond donors (Lipinski definition) is 1. The molecule has 6 nitrogen and oxygen atoms in total. The summed E-state index contributed by atoms with van der Waals surface area (Å²) in [7, 11) is -1.67. The maximum atomic E-state index is 12.0. The van der Waals surface area contributed by atoms with E-state index in [2.05, 4.69) is 10.1 Å². The van der Waals surface area contributed by atoms with Crippen molar-refractivity contribution >= 4 is 16.0 Å². The molecule has 1 aliphatic rings. The van der Waals surface area contributed by atoms with E-state index in [4.69, 9.17) is 0 Å². The molecule has 1 aliphatic heterocycles. The summed E-state index contributed by atoms with van der Waals surface area (Å²) in [5, 5.41) is 3.06. The lowest BCUT2D eigenvalue weighted by Crippen LogP contribution is -2.44. The molecule has 0 aromatic carbocycles. The SMILES string of the molecule is CCOC(=O)CS(=O)(=O)N1CCCC(CNC)C1. The van der Waals surface area contributed by atoms with Crippen molar-refractivity contribution in [1.29, 1.82) is 0 Å². The molecule has 1 fully saturated rings. The number of ether oxygens (including phenoxy) is 1. The Morgan fingerprint density at radius 3 is 2.83 bits per heavy atom. The van der Waals surface area contributed by atoms with E-state index >= 15 is 0 Å². The number of carbonyl (C=O) groups is 1. The molecule has 1 rings (SSSR count). The second-order valence-corrected chi connectivity index (χ2v) is 6.45. The zero-order chi connectivity index (χ0) is 13.6. The van der Waals surface area contributed by atoms with Gasteiger partial charge in [0.2, 0.25) is 10.0 Å². The predicted molar refractivity (Wildman–Crippen MR) is 68.6 cm³/mol. The van der Waals surface area contributed by atoms with Gasteiger partial charge >= 0.3 is 5.97 Å². The lowest BCUT2D eigenvalue weighted by atomic mass is 10.00. The first-order chi connectivity index (χ1) is 8.49. The maximum Gasteiger partial charge on any atom is 0.322 e. The Hall–Kier alpha value is -0.660. The molecule has 1 unspecified atom stereocenters. The quantitative estimate of drug-likeness (QED) is 0.682. The van der Waals surface area contributed by atoms with Gasteiger partial charge in [0, 0.05) is 13.1 Å². The number of carbonyl (C=O) groups excluding carboxylic acids is 1. The smallest absolute Gasteiger partial charge is 0.322 e. The van der Waals surface area contributed by atoms with Crippen molar-refractivity contribution in [3.8, 4) is 0 Å². The van der Waals surface area contributed by atoms with Crippen LogP contribution in [-0.2, 0) is 19.6 Å². The van der Waals surface area contributed by atoms with Crippen LogP contribution >= 0.6 is 0 Å². The van der Waals surface area contributed by atoms with Crippen molar-refractivity contribution in [1.82, 2.24) is 9.62 Å². The molecule has 0 amide bonds. The van der Waals surface area contributed by atoms with Crippen LogP contribution in [0.5, 0.6) is 0 Å². The highest BCUT2D eigenvalue weighted by Gasteiger charge is 2.30. The summed E-state index contributed by atoms with van der Waals surface area (Å²) in [5.41, 5.74) is 0. The number of nitrogens with one attached hydrogen (secondary N) is 1. The first kappa shape index (κ1) is 15.4. The summed E-state index contributed by atoms with van der Waals surface area (Å²) >= 11 is 0. The van der Waals surface area contributed by atoms with Crippen molar-refractivity contribution in [2.75, 3.05) is 39.0 Å². The van der Waals surface area contributed by atoms with Gasteiger partial charge in [0.05, 0.1) is 6.61 Å². The molecule has 1 saturated heterocycles. The Kier molecular flexibility index (Phi) is 6.04. The third-order valence-corrected chi connectivity index (χ3v) is 4.69. The Morgan fingerprint density at radius 1 is 1.50 bits per heavy atom. The van der Waals surface area contributed by atoms with Gasteiger partial charge in [-0.05, 0) is 39.3 Å². The Bertz CT molecular complexity index is 367. The standard InChI is InChI=1S/C11H22N2O4S/c1-3-17-11(14)9-18(15,16)13-6-4-5-10(8-13)7-12-2/h10,12H,3-9H2,1-2H3. The van der Waals surface area contributed by atoms with Crippen LogP contribution < -0.4 is 5.32 Å². The summed E-state index contributed by atoms with van der Waals surface area (Å²) in [6.45, 7) is 3.65. The molecule has 1 atom stereocenters. The van der Waals surface area contributed by atoms with Crippen LogP contribution in [0.4, 0.5) is 0 Å². The molecular weight excluding hydrogens is 256 g/mol. The first-order valence-electron chi connectivity index (χ1n) is 6.27. The molecule has 0 bridgehead atoms. The predicted octanol–water partition coefficient (Wildman–Crippen LogP) is -0.189. The molecule has 0 radical (unpaired) electrons. The van der Waals surface area contributed by atoms with Crippen molar-refractivity contribution in [2.24, 2.45) is 5.92 Å². The Labute approximate surface area is 109 Å². The van der Waals surface area contributed by atoms with Crippen LogP contribution in [0.1, 0.15) is 19.8 Å². The van der Waals surface area contributed by atoms with Crippen LogP contribution in [0, 0.1) is 5.92 Å². The summed E-state index contributed by atoms with van der Waals surface area (Å²) < 4.78 is 30.1. The second kappa shape index (κ2) is 7.06. The fourth-order valence-electron chi connectivity index (χ4n) is 2.18. The number of rotatable bonds is 6. The highest BCUT2D eigenvalue weighted by Crippen LogP contribution is 2.18. The monoisotopic (exact) mass is 278 g/mol. The summed E-state index contributed by atoms with van der Waals surface area (Å²) in [6.07, 6.45) is 1.86. The fraction of sp³-hybridized carbons (Fsp3) is 0.909.